The van der Waals surface area contributed by atoms with E-state index in [0.29, 0.717) is 21.4 Å². The standard InChI is InChI=1S/C28H21N3O3S/c32-25-11-5-4-9-23(25)17-26-27(33)31(19-24-10-6-16-34-24)28(35-26)30-29-18-20-12-14-22(15-13-20)21-7-2-1-3-8-21/h1-18,32H,19H2/b26-17-,29-18-,30-28+. The quantitative estimate of drug-likeness (QED) is 0.204. The second-order valence-corrected chi connectivity index (χ2v) is 8.76. The molecule has 1 fully saturated rings. The van der Waals surface area contributed by atoms with Gasteiger partial charge in [0, 0.05) is 5.56 Å². The third-order valence-electron chi connectivity index (χ3n) is 5.37. The molecule has 2 heterocycles. The molecular formula is C28H21N3O3S. The second-order valence-electron chi connectivity index (χ2n) is 7.76. The Bertz CT molecular complexity index is 1410. The van der Waals surface area contributed by atoms with Crippen molar-refractivity contribution in [3.05, 3.63) is 119 Å². The number of para-hydroxylation sites is 1. The molecule has 5 rings (SSSR count). The molecule has 0 atom stereocenters. The third kappa shape index (κ3) is 5.26. The smallest absolute Gasteiger partial charge is 0.267 e. The summed E-state index contributed by atoms with van der Waals surface area (Å²) in [5, 5.41) is 19.1. The summed E-state index contributed by atoms with van der Waals surface area (Å²) in [6.45, 7) is 0.233. The maximum atomic E-state index is 13.1. The van der Waals surface area contributed by atoms with E-state index in [1.807, 2.05) is 42.5 Å². The normalized spacial score (nSPS) is 16.1. The fourth-order valence-electron chi connectivity index (χ4n) is 3.57. The largest absolute Gasteiger partial charge is 0.507 e. The number of amidine groups is 1. The molecule has 1 saturated heterocycles. The van der Waals surface area contributed by atoms with Crippen LogP contribution in [0, 0.1) is 0 Å². The first-order chi connectivity index (χ1) is 17.2. The number of aromatic hydroxyl groups is 1. The van der Waals surface area contributed by atoms with Gasteiger partial charge in [0.05, 0.1) is 23.9 Å². The summed E-state index contributed by atoms with van der Waals surface area (Å²) in [6, 6.07) is 28.6. The molecule has 172 valence electrons. The number of furan rings is 1. The number of carbonyl (C=O) groups excluding carboxylic acids is 1. The van der Waals surface area contributed by atoms with E-state index in [9.17, 15) is 9.90 Å². The molecule has 1 amide bonds. The lowest BCUT2D eigenvalue weighted by Gasteiger charge is -2.12. The molecule has 0 spiro atoms. The Balaban J connectivity index is 1.38. The van der Waals surface area contributed by atoms with Crippen LogP contribution in [0.3, 0.4) is 0 Å². The van der Waals surface area contributed by atoms with E-state index in [1.54, 1.807) is 55.0 Å². The molecule has 1 N–H and O–H groups in total. The minimum Gasteiger partial charge on any atom is -0.507 e. The van der Waals surface area contributed by atoms with Gasteiger partial charge in [-0.05, 0) is 52.7 Å². The van der Waals surface area contributed by atoms with E-state index >= 15 is 0 Å². The van der Waals surface area contributed by atoms with Gasteiger partial charge in [-0.15, -0.1) is 5.10 Å². The topological polar surface area (TPSA) is 78.4 Å². The van der Waals surface area contributed by atoms with Crippen molar-refractivity contribution < 1.29 is 14.3 Å². The fraction of sp³-hybridized carbons (Fsp3) is 0.0357. The zero-order valence-electron chi connectivity index (χ0n) is 18.6. The summed E-state index contributed by atoms with van der Waals surface area (Å²) in [5.41, 5.74) is 3.72. The molecule has 35 heavy (non-hydrogen) atoms. The number of hydrogen-bond acceptors (Lipinski definition) is 6. The van der Waals surface area contributed by atoms with Crippen molar-refractivity contribution in [3.8, 4) is 16.9 Å². The number of thioether (sulfide) groups is 1. The Morgan fingerprint density at radius 2 is 1.63 bits per heavy atom. The average Bonchev–Trinajstić information content (AvgIpc) is 3.51. The molecule has 0 radical (unpaired) electrons. The van der Waals surface area contributed by atoms with Crippen LogP contribution >= 0.6 is 11.8 Å². The van der Waals surface area contributed by atoms with E-state index in [4.69, 9.17) is 4.42 Å². The summed E-state index contributed by atoms with van der Waals surface area (Å²) >= 11 is 1.21. The number of carbonyl (C=O) groups is 1. The number of hydrogen-bond donors (Lipinski definition) is 1. The highest BCUT2D eigenvalue weighted by molar-refractivity contribution is 8.18. The van der Waals surface area contributed by atoms with Crippen LogP contribution in [0.2, 0.25) is 0 Å². The van der Waals surface area contributed by atoms with Gasteiger partial charge in [0.25, 0.3) is 5.91 Å². The second kappa shape index (κ2) is 10.3. The van der Waals surface area contributed by atoms with Gasteiger partial charge in [0.15, 0.2) is 5.17 Å². The lowest BCUT2D eigenvalue weighted by Crippen LogP contribution is -2.28. The fourth-order valence-corrected chi connectivity index (χ4v) is 4.49. The van der Waals surface area contributed by atoms with Gasteiger partial charge in [-0.25, -0.2) is 0 Å². The van der Waals surface area contributed by atoms with Gasteiger partial charge < -0.3 is 9.52 Å². The highest BCUT2D eigenvalue weighted by atomic mass is 32.2. The first-order valence-corrected chi connectivity index (χ1v) is 11.8. The molecule has 0 saturated carbocycles. The van der Waals surface area contributed by atoms with Crippen LogP contribution in [0.25, 0.3) is 17.2 Å². The van der Waals surface area contributed by atoms with Crippen molar-refractivity contribution in [3.63, 3.8) is 0 Å². The van der Waals surface area contributed by atoms with E-state index in [2.05, 4.69) is 22.3 Å². The van der Waals surface area contributed by atoms with Crippen LogP contribution in [0.5, 0.6) is 5.75 Å². The minimum absolute atomic E-state index is 0.105. The molecule has 1 aliphatic heterocycles. The van der Waals surface area contributed by atoms with E-state index in [1.165, 1.54) is 16.7 Å². The maximum Gasteiger partial charge on any atom is 0.267 e. The lowest BCUT2D eigenvalue weighted by atomic mass is 10.0. The van der Waals surface area contributed by atoms with Crippen LogP contribution in [-0.4, -0.2) is 27.3 Å². The maximum absolute atomic E-state index is 13.1. The minimum atomic E-state index is -0.226. The van der Waals surface area contributed by atoms with Crippen LogP contribution < -0.4 is 0 Å². The number of benzene rings is 3. The molecule has 6 nitrogen and oxygen atoms in total. The Morgan fingerprint density at radius 3 is 2.37 bits per heavy atom. The lowest BCUT2D eigenvalue weighted by molar-refractivity contribution is -0.122. The monoisotopic (exact) mass is 479 g/mol. The summed E-state index contributed by atoms with van der Waals surface area (Å²) in [6.07, 6.45) is 4.88. The number of phenols is 1. The first kappa shape index (κ1) is 22.4. The summed E-state index contributed by atoms with van der Waals surface area (Å²) in [4.78, 5) is 15.1. The van der Waals surface area contributed by atoms with Crippen molar-refractivity contribution in [2.24, 2.45) is 10.2 Å². The highest BCUT2D eigenvalue weighted by Gasteiger charge is 2.34. The number of nitrogens with zero attached hydrogens (tertiary/aromatic N) is 3. The number of amides is 1. The molecular weight excluding hydrogens is 458 g/mol. The van der Waals surface area contributed by atoms with Crippen molar-refractivity contribution in [2.75, 3.05) is 0 Å². The molecule has 0 unspecified atom stereocenters. The molecule has 1 aromatic heterocycles. The van der Waals surface area contributed by atoms with Gasteiger partial charge in [-0.3, -0.25) is 9.69 Å². The van der Waals surface area contributed by atoms with Crippen LogP contribution in [0.15, 0.2) is 117 Å². The predicted molar refractivity (Wildman–Crippen MR) is 140 cm³/mol. The zero-order valence-corrected chi connectivity index (χ0v) is 19.4. The van der Waals surface area contributed by atoms with Gasteiger partial charge in [0.2, 0.25) is 0 Å². The van der Waals surface area contributed by atoms with Crippen LogP contribution in [-0.2, 0) is 11.3 Å². The number of rotatable bonds is 6. The Labute approximate surface area is 206 Å². The third-order valence-corrected chi connectivity index (χ3v) is 6.37. The van der Waals surface area contributed by atoms with Gasteiger partial charge in [0.1, 0.15) is 11.5 Å². The van der Waals surface area contributed by atoms with Crippen molar-refractivity contribution >= 4 is 35.1 Å². The molecule has 4 aromatic rings. The summed E-state index contributed by atoms with van der Waals surface area (Å²) in [7, 11) is 0. The average molecular weight is 480 g/mol. The molecule has 7 heteroatoms. The highest BCUT2D eigenvalue weighted by Crippen LogP contribution is 2.35. The number of phenolic OH excluding ortho intramolecular Hbond substituents is 1. The van der Waals surface area contributed by atoms with Crippen molar-refractivity contribution in [1.82, 2.24) is 4.90 Å². The summed E-state index contributed by atoms with van der Waals surface area (Å²) in [5.74, 6) is 0.514. The van der Waals surface area contributed by atoms with E-state index < -0.39 is 0 Å². The van der Waals surface area contributed by atoms with Gasteiger partial charge in [-0.1, -0.05) is 72.8 Å². The zero-order chi connectivity index (χ0) is 24.0. The first-order valence-electron chi connectivity index (χ1n) is 11.0. The van der Waals surface area contributed by atoms with E-state index in [0.717, 1.165) is 16.7 Å². The van der Waals surface area contributed by atoms with Crippen molar-refractivity contribution in [1.29, 1.82) is 0 Å². The van der Waals surface area contributed by atoms with Crippen LogP contribution in [0.4, 0.5) is 0 Å². The van der Waals surface area contributed by atoms with E-state index in [-0.39, 0.29) is 18.2 Å². The molecule has 0 aliphatic carbocycles. The Morgan fingerprint density at radius 1 is 0.886 bits per heavy atom. The molecule has 0 bridgehead atoms. The SMILES string of the molecule is O=C1/C(=C/c2ccccc2O)S/C(=N/N=C\c2ccc(-c3ccccc3)cc2)N1Cc1ccco1. The Hall–Kier alpha value is -4.36. The molecule has 3 aromatic carbocycles. The molecule has 1 aliphatic rings. The summed E-state index contributed by atoms with van der Waals surface area (Å²) < 4.78 is 5.43. The predicted octanol–water partition coefficient (Wildman–Crippen LogP) is 6.16. The van der Waals surface area contributed by atoms with Gasteiger partial charge >= 0.3 is 0 Å². The van der Waals surface area contributed by atoms with Crippen LogP contribution in [0.1, 0.15) is 16.9 Å². The van der Waals surface area contributed by atoms with Crippen molar-refractivity contribution in [2.45, 2.75) is 6.54 Å². The Kier molecular flexibility index (Phi) is 6.59. The van der Waals surface area contributed by atoms with Gasteiger partial charge in [-0.2, -0.15) is 5.10 Å².